The maximum atomic E-state index is 10.9. The molecule has 1 aromatic rings. The second-order valence-corrected chi connectivity index (χ2v) is 3.97. The van der Waals surface area contributed by atoms with Crippen LogP contribution in [0.4, 0.5) is 5.69 Å². The highest BCUT2D eigenvalue weighted by molar-refractivity contribution is 5.55. The van der Waals surface area contributed by atoms with Crippen molar-refractivity contribution in [2.45, 2.75) is 25.7 Å². The van der Waals surface area contributed by atoms with E-state index in [1.807, 2.05) is 0 Å². The normalized spacial score (nSPS) is 16.2. The fourth-order valence-electron chi connectivity index (χ4n) is 1.82. The SMILES string of the molecule is O=[N+]([O-])c1cccc2c1OCCCCCCO2. The van der Waals surface area contributed by atoms with Crippen molar-refractivity contribution in [3.8, 4) is 11.5 Å². The zero-order chi connectivity index (χ0) is 12.1. The van der Waals surface area contributed by atoms with Crippen LogP contribution in [0.15, 0.2) is 18.2 Å². The summed E-state index contributed by atoms with van der Waals surface area (Å²) in [5.41, 5.74) is -0.0249. The zero-order valence-electron chi connectivity index (χ0n) is 9.55. The molecule has 5 heteroatoms. The van der Waals surface area contributed by atoms with Crippen LogP contribution in [-0.4, -0.2) is 18.1 Å². The van der Waals surface area contributed by atoms with Gasteiger partial charge in [0.15, 0.2) is 5.75 Å². The molecule has 5 nitrogen and oxygen atoms in total. The van der Waals surface area contributed by atoms with Gasteiger partial charge in [-0.2, -0.15) is 0 Å². The van der Waals surface area contributed by atoms with Crippen LogP contribution in [0.25, 0.3) is 0 Å². The molecule has 92 valence electrons. The van der Waals surface area contributed by atoms with Gasteiger partial charge in [-0.05, 0) is 31.7 Å². The Morgan fingerprint density at radius 3 is 2.47 bits per heavy atom. The first-order valence-corrected chi connectivity index (χ1v) is 5.82. The highest BCUT2D eigenvalue weighted by Crippen LogP contribution is 2.37. The smallest absolute Gasteiger partial charge is 0.314 e. The van der Waals surface area contributed by atoms with Crippen molar-refractivity contribution in [2.24, 2.45) is 0 Å². The Hall–Kier alpha value is -1.78. The van der Waals surface area contributed by atoms with Gasteiger partial charge in [-0.1, -0.05) is 6.07 Å². The summed E-state index contributed by atoms with van der Waals surface area (Å²) in [5.74, 6) is 0.737. The molecule has 0 aliphatic carbocycles. The molecule has 0 bridgehead atoms. The number of rotatable bonds is 1. The third kappa shape index (κ3) is 2.87. The highest BCUT2D eigenvalue weighted by Gasteiger charge is 2.20. The predicted octanol–water partition coefficient (Wildman–Crippen LogP) is 2.93. The number of para-hydroxylation sites is 1. The topological polar surface area (TPSA) is 61.6 Å². The average molecular weight is 237 g/mol. The first-order valence-electron chi connectivity index (χ1n) is 5.82. The Balaban J connectivity index is 2.30. The zero-order valence-corrected chi connectivity index (χ0v) is 9.55. The predicted molar refractivity (Wildman–Crippen MR) is 62.6 cm³/mol. The van der Waals surface area contributed by atoms with Crippen molar-refractivity contribution in [3.63, 3.8) is 0 Å². The number of hydrogen-bond acceptors (Lipinski definition) is 4. The fourth-order valence-corrected chi connectivity index (χ4v) is 1.82. The number of benzene rings is 1. The van der Waals surface area contributed by atoms with Gasteiger partial charge < -0.3 is 9.47 Å². The number of nitro benzene ring substituents is 1. The molecule has 0 atom stereocenters. The van der Waals surface area contributed by atoms with Crippen molar-refractivity contribution in [1.29, 1.82) is 0 Å². The van der Waals surface area contributed by atoms with Gasteiger partial charge in [0.1, 0.15) is 0 Å². The van der Waals surface area contributed by atoms with Gasteiger partial charge in [0, 0.05) is 6.07 Å². The average Bonchev–Trinajstić information content (AvgIpc) is 2.34. The van der Waals surface area contributed by atoms with E-state index >= 15 is 0 Å². The van der Waals surface area contributed by atoms with Crippen LogP contribution < -0.4 is 9.47 Å². The molecule has 0 aromatic heterocycles. The van der Waals surface area contributed by atoms with Crippen molar-refractivity contribution in [2.75, 3.05) is 13.2 Å². The second-order valence-electron chi connectivity index (χ2n) is 3.97. The molecule has 0 fully saturated rings. The van der Waals surface area contributed by atoms with E-state index in [0.29, 0.717) is 19.0 Å². The number of nitrogens with zero attached hydrogens (tertiary/aromatic N) is 1. The van der Waals surface area contributed by atoms with Gasteiger partial charge in [-0.3, -0.25) is 10.1 Å². The summed E-state index contributed by atoms with van der Waals surface area (Å²) in [6.45, 7) is 1.08. The highest BCUT2D eigenvalue weighted by atomic mass is 16.6. The molecule has 0 radical (unpaired) electrons. The molecule has 17 heavy (non-hydrogen) atoms. The summed E-state index contributed by atoms with van der Waals surface area (Å²) >= 11 is 0. The van der Waals surface area contributed by atoms with Gasteiger partial charge in [-0.25, -0.2) is 0 Å². The maximum absolute atomic E-state index is 10.9. The summed E-state index contributed by atoms with van der Waals surface area (Å²) in [4.78, 5) is 10.5. The molecule has 1 aliphatic rings. The molecule has 0 N–H and O–H groups in total. The number of ether oxygens (including phenoxy) is 2. The van der Waals surface area contributed by atoms with Gasteiger partial charge in [0.25, 0.3) is 0 Å². The van der Waals surface area contributed by atoms with Crippen LogP contribution in [0.2, 0.25) is 0 Å². The second kappa shape index (κ2) is 5.52. The van der Waals surface area contributed by atoms with Gasteiger partial charge in [0.05, 0.1) is 18.1 Å². The number of hydrogen-bond donors (Lipinski definition) is 0. The van der Waals surface area contributed by atoms with Gasteiger partial charge in [0.2, 0.25) is 5.75 Å². The first kappa shape index (κ1) is 11.7. The van der Waals surface area contributed by atoms with E-state index in [0.717, 1.165) is 25.7 Å². The minimum atomic E-state index is -0.437. The van der Waals surface area contributed by atoms with Crippen molar-refractivity contribution in [1.82, 2.24) is 0 Å². The van der Waals surface area contributed by atoms with Gasteiger partial charge in [-0.15, -0.1) is 0 Å². The van der Waals surface area contributed by atoms with Crippen LogP contribution in [0.1, 0.15) is 25.7 Å². The summed E-state index contributed by atoms with van der Waals surface area (Å²) < 4.78 is 11.0. The third-order valence-corrected chi connectivity index (χ3v) is 2.70. The molecule has 0 unspecified atom stereocenters. The monoisotopic (exact) mass is 237 g/mol. The largest absolute Gasteiger partial charge is 0.489 e. The Bertz CT molecular complexity index is 405. The Kier molecular flexibility index (Phi) is 3.80. The molecule has 1 aliphatic heterocycles. The first-order chi connectivity index (χ1) is 8.29. The lowest BCUT2D eigenvalue weighted by Crippen LogP contribution is -2.07. The van der Waals surface area contributed by atoms with Gasteiger partial charge >= 0.3 is 5.69 Å². The molecular weight excluding hydrogens is 222 g/mol. The summed E-state index contributed by atoms with van der Waals surface area (Å²) in [6.07, 6.45) is 4.07. The molecule has 0 saturated heterocycles. The van der Waals surface area contributed by atoms with E-state index in [4.69, 9.17) is 9.47 Å². The van der Waals surface area contributed by atoms with E-state index in [-0.39, 0.29) is 11.4 Å². The van der Waals surface area contributed by atoms with Crippen molar-refractivity contribution >= 4 is 5.69 Å². The Morgan fingerprint density at radius 1 is 1.06 bits per heavy atom. The minimum absolute atomic E-state index is 0.0249. The number of nitro groups is 1. The van der Waals surface area contributed by atoms with Crippen LogP contribution in [0, 0.1) is 10.1 Å². The molecule has 0 saturated carbocycles. The van der Waals surface area contributed by atoms with E-state index < -0.39 is 4.92 Å². The molecule has 0 amide bonds. The standard InChI is InChI=1S/C12H15NO4/c14-13(15)10-6-5-7-11-12(10)17-9-4-2-1-3-8-16-11/h5-7H,1-4,8-9H2. The van der Waals surface area contributed by atoms with Crippen LogP contribution in [0.5, 0.6) is 11.5 Å². The molecule has 2 rings (SSSR count). The quantitative estimate of drug-likeness (QED) is 0.556. The Morgan fingerprint density at radius 2 is 1.76 bits per heavy atom. The van der Waals surface area contributed by atoms with Crippen LogP contribution >= 0.6 is 0 Å². The van der Waals surface area contributed by atoms with E-state index in [9.17, 15) is 10.1 Å². The molecule has 0 spiro atoms. The number of fused-ring (bicyclic) bond motifs is 1. The summed E-state index contributed by atoms with van der Waals surface area (Å²) in [6, 6.07) is 4.77. The minimum Gasteiger partial charge on any atom is -0.489 e. The molecule has 1 aromatic carbocycles. The lowest BCUT2D eigenvalue weighted by Gasteiger charge is -2.14. The lowest BCUT2D eigenvalue weighted by molar-refractivity contribution is -0.386. The summed E-state index contributed by atoms with van der Waals surface area (Å²) in [5, 5.41) is 10.9. The van der Waals surface area contributed by atoms with Crippen LogP contribution in [-0.2, 0) is 0 Å². The lowest BCUT2D eigenvalue weighted by atomic mass is 10.2. The third-order valence-electron chi connectivity index (χ3n) is 2.70. The molecular formula is C12H15NO4. The Labute approximate surface area is 99.5 Å². The molecule has 1 heterocycles. The van der Waals surface area contributed by atoms with E-state index in [1.165, 1.54) is 6.07 Å². The fraction of sp³-hybridized carbons (Fsp3) is 0.500. The van der Waals surface area contributed by atoms with Crippen molar-refractivity contribution < 1.29 is 14.4 Å². The summed E-state index contributed by atoms with van der Waals surface area (Å²) in [7, 11) is 0. The van der Waals surface area contributed by atoms with Crippen molar-refractivity contribution in [3.05, 3.63) is 28.3 Å². The van der Waals surface area contributed by atoms with E-state index in [1.54, 1.807) is 12.1 Å². The maximum Gasteiger partial charge on any atom is 0.314 e. The van der Waals surface area contributed by atoms with Crippen LogP contribution in [0.3, 0.4) is 0 Å². The van der Waals surface area contributed by atoms with E-state index in [2.05, 4.69) is 0 Å².